The summed E-state index contributed by atoms with van der Waals surface area (Å²) in [6.45, 7) is -2.09. The molecule has 0 unspecified atom stereocenters. The van der Waals surface area contributed by atoms with Crippen molar-refractivity contribution < 1.29 is 93.3 Å². The van der Waals surface area contributed by atoms with E-state index in [0.717, 1.165) is 9.80 Å². The zero-order chi connectivity index (χ0) is 71.7. The van der Waals surface area contributed by atoms with Crippen LogP contribution in [0.25, 0.3) is 10.9 Å². The number of aromatic amines is 1. The topological polar surface area (TPSA) is 494 Å². The number of carbonyl (C=O) groups excluding carboxylic acids is 8. The molecule has 1 aromatic heterocycles. The van der Waals surface area contributed by atoms with E-state index in [0.29, 0.717) is 34.0 Å². The van der Waals surface area contributed by atoms with E-state index >= 15 is 0 Å². The van der Waals surface area contributed by atoms with Gasteiger partial charge in [-0.25, -0.2) is 0 Å². The summed E-state index contributed by atoms with van der Waals surface area (Å²) in [6.07, 6.45) is -1.16. The second-order valence-electron chi connectivity index (χ2n) is 23.1. The molecule has 0 bridgehead atoms. The lowest BCUT2D eigenvalue weighted by Crippen LogP contribution is -2.62. The smallest absolute Gasteiger partial charge is 0.317 e. The Morgan fingerprint density at radius 3 is 1.34 bits per heavy atom. The molecule has 8 amide bonds. The van der Waals surface area contributed by atoms with Gasteiger partial charge in [-0.2, -0.15) is 25.3 Å². The van der Waals surface area contributed by atoms with Crippen LogP contribution in [0.5, 0.6) is 0 Å². The predicted octanol–water partition coefficient (Wildman–Crippen LogP) is -3.94. The summed E-state index contributed by atoms with van der Waals surface area (Å²) < 4.78 is 0. The van der Waals surface area contributed by atoms with Crippen LogP contribution in [0.4, 0.5) is 0 Å². The minimum absolute atomic E-state index is 0.0726. The summed E-state index contributed by atoms with van der Waals surface area (Å²) in [5.74, 6) is -13.4. The molecule has 0 saturated heterocycles. The molecule has 0 saturated carbocycles. The molecule has 1 heterocycles. The Labute approximate surface area is 570 Å². The maximum Gasteiger partial charge on any atom is 0.317 e. The fourth-order valence-electron chi connectivity index (χ4n) is 10.1. The van der Waals surface area contributed by atoms with E-state index in [1.54, 1.807) is 91.1 Å². The molecule has 10 atom stereocenters. The number of aliphatic hydroxyl groups is 3. The number of carbonyl (C=O) groups is 12. The quantitative estimate of drug-likeness (QED) is 0.0148. The first-order chi connectivity index (χ1) is 46.1. The molecule has 0 spiro atoms. The molecule has 0 aliphatic rings. The Hall–Kier alpha value is -8.74. The minimum Gasteiger partial charge on any atom is -0.480 e. The fraction of sp³-hybridized carbons (Fsp3) is 0.492. The van der Waals surface area contributed by atoms with Crippen molar-refractivity contribution in [3.05, 3.63) is 108 Å². The highest BCUT2D eigenvalue weighted by Gasteiger charge is 2.36. The highest BCUT2D eigenvalue weighted by atomic mass is 32.1. The summed E-state index contributed by atoms with van der Waals surface area (Å²) >= 11 is 8.53. The number of nitrogens with two attached hydrogens (primary N) is 1. The second-order valence-corrected chi connectivity index (χ2v) is 23.8. The number of nitrogens with zero attached hydrogens (tertiary/aromatic N) is 3. The van der Waals surface area contributed by atoms with Crippen LogP contribution < -0.4 is 48.3 Å². The van der Waals surface area contributed by atoms with Gasteiger partial charge < -0.3 is 89.0 Å². The van der Waals surface area contributed by atoms with Crippen LogP contribution >= 0.6 is 25.3 Å². The minimum atomic E-state index is -1.73. The van der Waals surface area contributed by atoms with Crippen molar-refractivity contribution in [3.8, 4) is 0 Å². The van der Waals surface area contributed by atoms with Gasteiger partial charge >= 0.3 is 23.9 Å². The van der Waals surface area contributed by atoms with Crippen LogP contribution in [0.2, 0.25) is 0 Å². The van der Waals surface area contributed by atoms with Crippen LogP contribution in [-0.2, 0) is 76.8 Å². The van der Waals surface area contributed by atoms with E-state index < -0.39 is 171 Å². The van der Waals surface area contributed by atoms with Crippen LogP contribution in [0.1, 0.15) is 49.8 Å². The Morgan fingerprint density at radius 2 is 0.866 bits per heavy atom. The van der Waals surface area contributed by atoms with Gasteiger partial charge in [0.2, 0.25) is 47.3 Å². The second kappa shape index (κ2) is 42.1. The van der Waals surface area contributed by atoms with Gasteiger partial charge in [-0.15, -0.1) is 0 Å². The lowest BCUT2D eigenvalue weighted by Gasteiger charge is -2.29. The number of amides is 8. The van der Waals surface area contributed by atoms with Crippen LogP contribution in [0.3, 0.4) is 0 Å². The molecule has 0 radical (unpaired) electrons. The molecule has 0 fully saturated rings. The molecule has 3 aromatic carbocycles. The number of carboxylic acid groups (broad SMARTS) is 4. The van der Waals surface area contributed by atoms with Crippen molar-refractivity contribution in [3.63, 3.8) is 0 Å². The number of aliphatic hydroxyl groups excluding tert-OH is 3. The zero-order valence-electron chi connectivity index (χ0n) is 53.7. The van der Waals surface area contributed by atoms with Crippen molar-refractivity contribution in [2.75, 3.05) is 83.6 Å². The number of aliphatic carboxylic acids is 4. The SMILES string of the molecule is C[C@H](O)[C@H](CO)NC(=O)[C@H](CS)NC(=O)[C@@H](NC(=O)[C@H](CCCCN)NC(=O)[C@@H](Cc1c[nH]c2ccccc12)NC(=O)[C@H](Cc1ccccc1)NC(=O)[C@H](CS)NC(=O)[C@@H](Cc1ccccc1)NC(=O)CN(CCN(CCN(CC(=O)O)CC(=O)O)CC(=O)O)CC(=O)O)[C@@H](C)O. The molecule has 34 heteroatoms. The average molecular weight is 1400 g/mol. The number of aromatic nitrogens is 1. The molecule has 97 heavy (non-hydrogen) atoms. The highest BCUT2D eigenvalue weighted by molar-refractivity contribution is 7.80. The summed E-state index contributed by atoms with van der Waals surface area (Å²) in [4.78, 5) is 167. The molecule has 4 aromatic rings. The van der Waals surface area contributed by atoms with Gasteiger partial charge in [-0.1, -0.05) is 78.9 Å². The van der Waals surface area contributed by atoms with Gasteiger partial charge in [0, 0.05) is 74.0 Å². The molecular formula is C63H89N13O19S2. The lowest BCUT2D eigenvalue weighted by molar-refractivity contribution is -0.143. The molecule has 18 N–H and O–H groups in total. The Morgan fingerprint density at radius 1 is 0.464 bits per heavy atom. The number of carboxylic acids is 4. The van der Waals surface area contributed by atoms with Gasteiger partial charge in [0.05, 0.1) is 57.6 Å². The van der Waals surface area contributed by atoms with Crippen LogP contribution in [0.15, 0.2) is 91.1 Å². The van der Waals surface area contributed by atoms with Crippen molar-refractivity contribution >= 4 is 107 Å². The number of nitrogens with one attached hydrogen (secondary N) is 9. The number of hydrogen-bond donors (Lipinski definition) is 19. The highest BCUT2D eigenvalue weighted by Crippen LogP contribution is 2.20. The Bertz CT molecular complexity index is 3240. The Kier molecular flexibility index (Phi) is 35.0. The van der Waals surface area contributed by atoms with E-state index in [1.807, 2.05) is 0 Å². The third-order valence-corrected chi connectivity index (χ3v) is 16.0. The molecule has 32 nitrogen and oxygen atoms in total. The maximum absolute atomic E-state index is 15.0. The van der Waals surface area contributed by atoms with Crippen molar-refractivity contribution in [2.24, 2.45) is 5.73 Å². The van der Waals surface area contributed by atoms with Gasteiger partial charge in [-0.05, 0) is 62.4 Å². The number of benzene rings is 3. The number of rotatable bonds is 46. The normalized spacial score (nSPS) is 14.5. The number of unbranched alkanes of at least 4 members (excludes halogenated alkanes) is 1. The zero-order valence-corrected chi connectivity index (χ0v) is 55.5. The first kappa shape index (κ1) is 80.7. The fourth-order valence-corrected chi connectivity index (χ4v) is 10.6. The van der Waals surface area contributed by atoms with Crippen molar-refractivity contribution in [2.45, 2.75) is 113 Å². The maximum atomic E-state index is 15.0. The van der Waals surface area contributed by atoms with Gasteiger partial charge in [-0.3, -0.25) is 72.2 Å². The average Bonchev–Trinajstić information content (AvgIpc) is 1.72. The summed E-state index contributed by atoms with van der Waals surface area (Å²) in [5, 5.41) is 89.7. The van der Waals surface area contributed by atoms with Crippen LogP contribution in [0, 0.1) is 0 Å². The van der Waals surface area contributed by atoms with E-state index in [1.165, 1.54) is 18.7 Å². The molecule has 0 aliphatic heterocycles. The van der Waals surface area contributed by atoms with Crippen molar-refractivity contribution in [1.82, 2.24) is 62.2 Å². The largest absolute Gasteiger partial charge is 0.480 e. The number of para-hydroxylation sites is 1. The molecule has 0 aliphatic carbocycles. The van der Waals surface area contributed by atoms with Gasteiger partial charge in [0.25, 0.3) is 0 Å². The van der Waals surface area contributed by atoms with Crippen LogP contribution in [-0.4, -0.2) is 271 Å². The van der Waals surface area contributed by atoms with Gasteiger partial charge in [0.15, 0.2) is 0 Å². The first-order valence-electron chi connectivity index (χ1n) is 31.1. The molecule has 4 rings (SSSR count). The number of fused-ring (bicyclic) bond motifs is 1. The number of thiol groups is 2. The van der Waals surface area contributed by atoms with Gasteiger partial charge in [0.1, 0.15) is 42.3 Å². The number of hydrogen-bond acceptors (Lipinski definition) is 21. The third-order valence-electron chi connectivity index (χ3n) is 15.2. The lowest BCUT2D eigenvalue weighted by atomic mass is 10.0. The third kappa shape index (κ3) is 28.9. The predicted molar refractivity (Wildman–Crippen MR) is 359 cm³/mol. The van der Waals surface area contributed by atoms with E-state index in [2.05, 4.69) is 72.8 Å². The van der Waals surface area contributed by atoms with Crippen molar-refractivity contribution in [1.29, 1.82) is 0 Å². The molecule has 532 valence electrons. The standard InChI is InChI=1S/C63H89N13O19S2/c1-37(78)48(34-77)70-62(94)50(36-97)72-63(95)56(38(2)79)73-57(89)44(19-11-12-20-64)67-60(92)47(27-41-28-65-43-18-10-9-17-42(41)43)69-59(91)46(26-40-15-7-4-8-16-40)68-61(93)49(35-96)71-58(90)45(25-39-13-5-3-6-14-39)66-51(80)29-75(31-53(83)84)23-21-74(30-52(81)82)22-24-76(32-54(85)86)33-55(87)88/h3-10,13-18,28,37-38,44-50,56,65,77-79,96-97H,11-12,19-27,29-36,64H2,1-2H3,(H,66,80)(H,67,92)(H,68,93)(H,69,91)(H,70,94)(H,71,90)(H,72,95)(H,73,89)(H,81,82)(H,83,84)(H,85,86)(H,87,88)/t37-,38+,44-,45+,46-,47+,48-,49-,50-,56-/m0/s1. The van der Waals surface area contributed by atoms with E-state index in [4.69, 9.17) is 5.73 Å². The monoisotopic (exact) mass is 1400 g/mol. The summed E-state index contributed by atoms with van der Waals surface area (Å²) in [6, 6.07) is 12.2. The summed E-state index contributed by atoms with van der Waals surface area (Å²) in [5.41, 5.74) is 8.10. The van der Waals surface area contributed by atoms with E-state index in [9.17, 15) is 93.3 Å². The Balaban J connectivity index is 1.63. The molecular weight excluding hydrogens is 1310 g/mol. The number of H-pyrrole nitrogens is 1. The van der Waals surface area contributed by atoms with E-state index in [-0.39, 0.29) is 76.3 Å². The first-order valence-corrected chi connectivity index (χ1v) is 32.4. The summed E-state index contributed by atoms with van der Waals surface area (Å²) in [7, 11) is 0.